The van der Waals surface area contributed by atoms with Gasteiger partial charge in [-0.05, 0) is 38.1 Å². The molecule has 0 aliphatic carbocycles. The molecule has 1 saturated heterocycles. The Hall–Kier alpha value is -2.14. The Morgan fingerprint density at radius 3 is 2.71 bits per heavy atom. The van der Waals surface area contributed by atoms with Crippen LogP contribution < -0.4 is 5.32 Å². The van der Waals surface area contributed by atoms with Crippen LogP contribution in [0.3, 0.4) is 0 Å². The average Bonchev–Trinajstić information content (AvgIpc) is 3.04. The minimum atomic E-state index is 0.105. The second-order valence-corrected chi connectivity index (χ2v) is 5.50. The molecule has 21 heavy (non-hydrogen) atoms. The summed E-state index contributed by atoms with van der Waals surface area (Å²) >= 11 is 0. The number of hydrogen-bond donors (Lipinski definition) is 1. The molecule has 1 N–H and O–H groups in total. The highest BCUT2D eigenvalue weighted by atomic mass is 16.2. The van der Waals surface area contributed by atoms with Gasteiger partial charge in [0.25, 0.3) is 5.91 Å². The van der Waals surface area contributed by atoms with Gasteiger partial charge in [0.1, 0.15) is 0 Å². The van der Waals surface area contributed by atoms with E-state index in [1.54, 1.807) is 12.5 Å². The Morgan fingerprint density at radius 2 is 2.05 bits per heavy atom. The highest BCUT2D eigenvalue weighted by molar-refractivity contribution is 5.94. The zero-order valence-electron chi connectivity index (χ0n) is 12.4. The van der Waals surface area contributed by atoms with Crippen molar-refractivity contribution in [2.75, 3.05) is 13.1 Å². The smallest absolute Gasteiger partial charge is 0.254 e. The van der Waals surface area contributed by atoms with E-state index in [0.29, 0.717) is 6.04 Å². The van der Waals surface area contributed by atoms with Crippen LogP contribution in [-0.2, 0) is 0 Å². The van der Waals surface area contributed by atoms with Crippen molar-refractivity contribution in [1.29, 1.82) is 0 Å². The zero-order chi connectivity index (χ0) is 14.8. The normalized spacial score (nSPS) is 22.3. The minimum absolute atomic E-state index is 0.105. The first-order valence-corrected chi connectivity index (χ1v) is 7.29. The van der Waals surface area contributed by atoms with Crippen molar-refractivity contribution >= 4 is 5.91 Å². The molecule has 0 spiro atoms. The fraction of sp³-hybridized carbons (Fsp3) is 0.375. The van der Waals surface area contributed by atoms with Crippen molar-refractivity contribution < 1.29 is 4.79 Å². The number of nitrogens with one attached hydrogen (secondary N) is 1. The Morgan fingerprint density at radius 1 is 1.29 bits per heavy atom. The maximum Gasteiger partial charge on any atom is 0.254 e. The predicted molar refractivity (Wildman–Crippen MR) is 81.5 cm³/mol. The molecular weight excluding hydrogens is 264 g/mol. The quantitative estimate of drug-likeness (QED) is 0.913. The van der Waals surface area contributed by atoms with Gasteiger partial charge in [0.05, 0.1) is 6.33 Å². The summed E-state index contributed by atoms with van der Waals surface area (Å²) in [5.74, 6) is 0.105. The SMILES string of the molecule is CC1NCCN(C(=O)c2ccc(-n3ccnc3)cc2)C1C. The lowest BCUT2D eigenvalue weighted by atomic mass is 10.1. The monoisotopic (exact) mass is 284 g/mol. The molecule has 3 rings (SSSR count). The van der Waals surface area contributed by atoms with E-state index in [4.69, 9.17) is 0 Å². The minimum Gasteiger partial charge on any atom is -0.333 e. The molecule has 5 nitrogen and oxygen atoms in total. The number of piperazine rings is 1. The Bertz CT molecular complexity index is 606. The lowest BCUT2D eigenvalue weighted by molar-refractivity contribution is 0.0603. The summed E-state index contributed by atoms with van der Waals surface area (Å²) in [5.41, 5.74) is 1.74. The first-order chi connectivity index (χ1) is 10.2. The molecule has 1 aliphatic heterocycles. The summed E-state index contributed by atoms with van der Waals surface area (Å²) in [7, 11) is 0. The number of rotatable bonds is 2. The fourth-order valence-corrected chi connectivity index (χ4v) is 2.70. The first kappa shape index (κ1) is 13.8. The van der Waals surface area contributed by atoms with E-state index in [0.717, 1.165) is 24.3 Å². The van der Waals surface area contributed by atoms with E-state index in [9.17, 15) is 4.79 Å². The molecule has 2 atom stereocenters. The third-order valence-electron chi connectivity index (χ3n) is 4.21. The number of imidazole rings is 1. The van der Waals surface area contributed by atoms with Gasteiger partial charge in [-0.25, -0.2) is 4.98 Å². The third kappa shape index (κ3) is 2.69. The van der Waals surface area contributed by atoms with Crippen molar-refractivity contribution in [1.82, 2.24) is 19.8 Å². The standard InChI is InChI=1S/C16H20N4O/c1-12-13(2)20(10-8-18-12)16(21)14-3-5-15(6-4-14)19-9-7-17-11-19/h3-7,9,11-13,18H,8,10H2,1-2H3. The zero-order valence-corrected chi connectivity index (χ0v) is 12.4. The van der Waals surface area contributed by atoms with Crippen molar-refractivity contribution in [3.05, 3.63) is 48.5 Å². The molecule has 0 saturated carbocycles. The molecule has 5 heteroatoms. The molecule has 1 aromatic carbocycles. The number of benzene rings is 1. The highest BCUT2D eigenvalue weighted by Crippen LogP contribution is 2.15. The van der Waals surface area contributed by atoms with Gasteiger partial charge in [-0.2, -0.15) is 0 Å². The van der Waals surface area contributed by atoms with Crippen LogP contribution in [0.5, 0.6) is 0 Å². The summed E-state index contributed by atoms with van der Waals surface area (Å²) in [4.78, 5) is 18.6. The van der Waals surface area contributed by atoms with Gasteiger partial charge in [0.15, 0.2) is 0 Å². The molecule has 1 aliphatic rings. The van der Waals surface area contributed by atoms with E-state index < -0.39 is 0 Å². The lowest BCUT2D eigenvalue weighted by Gasteiger charge is -2.38. The Balaban J connectivity index is 1.79. The molecule has 0 bridgehead atoms. The highest BCUT2D eigenvalue weighted by Gasteiger charge is 2.28. The molecular formula is C16H20N4O. The molecule has 2 heterocycles. The first-order valence-electron chi connectivity index (χ1n) is 7.29. The van der Waals surface area contributed by atoms with Crippen molar-refractivity contribution in [3.63, 3.8) is 0 Å². The molecule has 2 aromatic rings. The number of carbonyl (C=O) groups is 1. The largest absolute Gasteiger partial charge is 0.333 e. The second-order valence-electron chi connectivity index (χ2n) is 5.50. The molecule has 0 radical (unpaired) electrons. The average molecular weight is 284 g/mol. The maximum absolute atomic E-state index is 12.6. The third-order valence-corrected chi connectivity index (χ3v) is 4.21. The molecule has 1 fully saturated rings. The number of carbonyl (C=O) groups excluding carboxylic acids is 1. The van der Waals surface area contributed by atoms with Crippen LogP contribution in [0.25, 0.3) is 5.69 Å². The fourth-order valence-electron chi connectivity index (χ4n) is 2.70. The summed E-state index contributed by atoms with van der Waals surface area (Å²) in [6.45, 7) is 5.82. The Kier molecular flexibility index (Phi) is 3.75. The van der Waals surface area contributed by atoms with Gasteiger partial charge in [-0.15, -0.1) is 0 Å². The van der Waals surface area contributed by atoms with Crippen LogP contribution in [0.15, 0.2) is 43.0 Å². The van der Waals surface area contributed by atoms with Gasteiger partial charge in [-0.3, -0.25) is 4.79 Å². The summed E-state index contributed by atoms with van der Waals surface area (Å²) in [5, 5.41) is 3.39. The van der Waals surface area contributed by atoms with Gasteiger partial charge in [-0.1, -0.05) is 0 Å². The summed E-state index contributed by atoms with van der Waals surface area (Å²) in [6, 6.07) is 8.21. The van der Waals surface area contributed by atoms with E-state index in [1.807, 2.05) is 39.9 Å². The number of aromatic nitrogens is 2. The van der Waals surface area contributed by atoms with E-state index in [1.165, 1.54) is 0 Å². The van der Waals surface area contributed by atoms with Crippen molar-refractivity contribution in [3.8, 4) is 5.69 Å². The van der Waals surface area contributed by atoms with E-state index in [-0.39, 0.29) is 11.9 Å². The van der Waals surface area contributed by atoms with Crippen LogP contribution in [0.1, 0.15) is 24.2 Å². The lowest BCUT2D eigenvalue weighted by Crippen LogP contribution is -2.57. The Labute approximate surface area is 124 Å². The number of nitrogens with zero attached hydrogens (tertiary/aromatic N) is 3. The van der Waals surface area contributed by atoms with Crippen LogP contribution in [-0.4, -0.2) is 45.5 Å². The summed E-state index contributed by atoms with van der Waals surface area (Å²) in [6.07, 6.45) is 5.37. The van der Waals surface area contributed by atoms with Crippen LogP contribution in [0.2, 0.25) is 0 Å². The topological polar surface area (TPSA) is 50.2 Å². The molecule has 2 unspecified atom stereocenters. The number of hydrogen-bond acceptors (Lipinski definition) is 3. The predicted octanol–water partition coefficient (Wildman–Crippen LogP) is 1.69. The number of amides is 1. The van der Waals surface area contributed by atoms with Crippen molar-refractivity contribution in [2.45, 2.75) is 25.9 Å². The molecule has 110 valence electrons. The van der Waals surface area contributed by atoms with Gasteiger partial charge in [0, 0.05) is 48.8 Å². The van der Waals surface area contributed by atoms with Crippen LogP contribution >= 0.6 is 0 Å². The van der Waals surface area contributed by atoms with E-state index >= 15 is 0 Å². The maximum atomic E-state index is 12.6. The van der Waals surface area contributed by atoms with Gasteiger partial charge in [0.2, 0.25) is 0 Å². The van der Waals surface area contributed by atoms with Gasteiger partial charge >= 0.3 is 0 Å². The van der Waals surface area contributed by atoms with Crippen LogP contribution in [0, 0.1) is 0 Å². The molecule has 1 amide bonds. The van der Waals surface area contributed by atoms with Gasteiger partial charge < -0.3 is 14.8 Å². The summed E-state index contributed by atoms with van der Waals surface area (Å²) < 4.78 is 1.92. The van der Waals surface area contributed by atoms with Crippen LogP contribution in [0.4, 0.5) is 0 Å². The second kappa shape index (κ2) is 5.69. The molecule has 1 aromatic heterocycles. The van der Waals surface area contributed by atoms with Crippen molar-refractivity contribution in [2.24, 2.45) is 0 Å². The van der Waals surface area contributed by atoms with E-state index in [2.05, 4.69) is 24.1 Å².